The van der Waals surface area contributed by atoms with Crippen LogP contribution in [0.4, 0.5) is 22.7 Å². The van der Waals surface area contributed by atoms with Crippen LogP contribution in [0.3, 0.4) is 0 Å². The predicted molar refractivity (Wildman–Crippen MR) is 227 cm³/mol. The second-order valence-corrected chi connectivity index (χ2v) is 17.9. The van der Waals surface area contributed by atoms with Gasteiger partial charge < -0.3 is 26.2 Å². The zero-order valence-electron chi connectivity index (χ0n) is 36.6. The van der Waals surface area contributed by atoms with Crippen molar-refractivity contribution >= 4 is 42.8 Å². The Morgan fingerprint density at radius 1 is 0.571 bits per heavy atom. The summed E-state index contributed by atoms with van der Waals surface area (Å²) in [5.74, 6) is -2.01. The van der Waals surface area contributed by atoms with E-state index in [4.69, 9.17) is 5.73 Å². The van der Waals surface area contributed by atoms with Crippen molar-refractivity contribution in [1.29, 1.82) is 0 Å². The van der Waals surface area contributed by atoms with Gasteiger partial charge in [0.15, 0.2) is 0 Å². The molecule has 6 aromatic rings. The van der Waals surface area contributed by atoms with E-state index in [0.29, 0.717) is 28.8 Å². The summed E-state index contributed by atoms with van der Waals surface area (Å²) in [5, 5.41) is 73.1. The molecule has 0 bridgehead atoms. The monoisotopic (exact) mass is 938 g/mol. The summed E-state index contributed by atoms with van der Waals surface area (Å²) in [5.41, 5.74) is 6.48. The number of azo groups is 2. The summed E-state index contributed by atoms with van der Waals surface area (Å²) < 4.78 is 56.4. The first kappa shape index (κ1) is 51.4. The molecule has 333 valence electrons. The Morgan fingerprint density at radius 3 is 1.19 bits per heavy atom. The molecule has 4 N–H and O–H groups in total. The number of aryl methyl sites for hydroxylation is 2. The van der Waals surface area contributed by atoms with E-state index in [1.807, 2.05) is 26.0 Å². The Hall–Kier alpha value is -5.99. The Bertz CT molecular complexity index is 2560. The van der Waals surface area contributed by atoms with Gasteiger partial charge in [0, 0.05) is 23.8 Å². The molecular weight excluding hydrogens is 891 g/mol. The molecule has 2 heterocycles. The van der Waals surface area contributed by atoms with Crippen LogP contribution in [0.25, 0.3) is 11.4 Å². The van der Waals surface area contributed by atoms with Gasteiger partial charge in [-0.25, -0.2) is 35.6 Å². The van der Waals surface area contributed by atoms with Gasteiger partial charge in [-0.3, -0.25) is 0 Å². The van der Waals surface area contributed by atoms with Crippen molar-refractivity contribution in [1.82, 2.24) is 29.0 Å². The van der Waals surface area contributed by atoms with Gasteiger partial charge in [0.1, 0.15) is 11.4 Å². The van der Waals surface area contributed by atoms with Crippen molar-refractivity contribution in [2.45, 2.75) is 83.3 Å². The van der Waals surface area contributed by atoms with Gasteiger partial charge in [-0.05, 0) is 96.1 Å². The molecule has 0 fully saturated rings. The molecule has 19 nitrogen and oxygen atoms in total. The molecule has 0 aliphatic carbocycles. The number of nitrogens with zero attached hydrogens (tertiary/aromatic N) is 8. The van der Waals surface area contributed by atoms with Gasteiger partial charge in [0.2, 0.25) is 20.0 Å². The number of para-hydroxylation sites is 2. The van der Waals surface area contributed by atoms with Crippen LogP contribution in [-0.4, -0.2) is 54.5 Å². The third-order valence-corrected chi connectivity index (χ3v) is 11.1. The maximum atomic E-state index is 12.6. The van der Waals surface area contributed by atoms with E-state index in [-0.39, 0.29) is 63.4 Å². The molecule has 0 aliphatic rings. The SMILES string of the molecule is CC(C)N.Cc1nn(-c2ccccc2)c([O-])c1N=Nc1cc(S(=O)(=O)NC(C)C)ccc1[O-].Cc1nn(-c2ccccc2)c([O-])c1N=Nc1cc(S(=O)(=O)NC(C)C)ccc1[O-].[Cr+3].[H+]. The van der Waals surface area contributed by atoms with E-state index in [9.17, 15) is 37.3 Å². The molecule has 0 atom stereocenters. The number of hydrogen-bond acceptors (Lipinski definition) is 15. The van der Waals surface area contributed by atoms with Crippen LogP contribution in [0.5, 0.6) is 23.3 Å². The number of nitrogens with one attached hydrogen (secondary N) is 2. The smallest absolute Gasteiger partial charge is 0.871 e. The fourth-order valence-electron chi connectivity index (χ4n) is 5.16. The van der Waals surface area contributed by atoms with Crippen molar-refractivity contribution in [2.24, 2.45) is 26.2 Å². The second kappa shape index (κ2) is 22.4. The van der Waals surface area contributed by atoms with E-state index < -0.39 is 43.3 Å². The Kier molecular flexibility index (Phi) is 18.3. The number of nitrogens with two attached hydrogens (primary N) is 1. The fraction of sp³-hybridized carbons (Fsp3) is 0.268. The molecule has 1 radical (unpaired) electrons. The zero-order valence-corrected chi connectivity index (χ0v) is 38.5. The minimum Gasteiger partial charge on any atom is -0.871 e. The minimum atomic E-state index is -3.80. The number of rotatable bonds is 12. The summed E-state index contributed by atoms with van der Waals surface area (Å²) in [4.78, 5) is -0.224. The average Bonchev–Trinajstić information content (AvgIpc) is 3.65. The summed E-state index contributed by atoms with van der Waals surface area (Å²) >= 11 is 0. The topological polar surface area (TPSA) is 296 Å². The second-order valence-electron chi connectivity index (χ2n) is 14.4. The van der Waals surface area contributed by atoms with Gasteiger partial charge in [0.25, 0.3) is 0 Å². The summed E-state index contributed by atoms with van der Waals surface area (Å²) in [7, 11) is -7.60. The molecule has 0 saturated heterocycles. The van der Waals surface area contributed by atoms with E-state index >= 15 is 0 Å². The molecule has 63 heavy (non-hydrogen) atoms. The fourth-order valence-corrected chi connectivity index (χ4v) is 7.71. The molecule has 0 amide bonds. The Balaban J connectivity index is 0.000000395. The first-order valence-electron chi connectivity index (χ1n) is 19.0. The Labute approximate surface area is 378 Å². The maximum Gasteiger partial charge on any atom is 3.00 e. The quantitative estimate of drug-likeness (QED) is 0.132. The Morgan fingerprint density at radius 2 is 0.889 bits per heavy atom. The largest absolute Gasteiger partial charge is 3.00 e. The molecule has 0 saturated carbocycles. The normalized spacial score (nSPS) is 11.7. The first-order valence-corrected chi connectivity index (χ1v) is 22.0. The zero-order chi connectivity index (χ0) is 45.9. The molecule has 22 heteroatoms. The number of hydrogen-bond donors (Lipinski definition) is 3. The molecule has 0 aliphatic heterocycles. The van der Waals surface area contributed by atoms with Crippen molar-refractivity contribution < 1.29 is 56.0 Å². The van der Waals surface area contributed by atoms with Crippen LogP contribution >= 0.6 is 0 Å². The van der Waals surface area contributed by atoms with Crippen LogP contribution in [0, 0.1) is 13.8 Å². The van der Waals surface area contributed by atoms with Gasteiger partial charge >= 0.3 is 18.8 Å². The van der Waals surface area contributed by atoms with Crippen LogP contribution < -0.4 is 35.6 Å². The van der Waals surface area contributed by atoms with E-state index in [0.717, 1.165) is 24.3 Å². The molecule has 0 unspecified atom stereocenters. The number of aromatic nitrogens is 4. The molecule has 6 rings (SSSR count). The third kappa shape index (κ3) is 14.0. The molecule has 4 aromatic carbocycles. The molecule has 0 spiro atoms. The predicted octanol–water partition coefficient (Wildman–Crippen LogP) is 5.32. The van der Waals surface area contributed by atoms with E-state index in [2.05, 4.69) is 40.1 Å². The van der Waals surface area contributed by atoms with Crippen molar-refractivity contribution in [3.8, 4) is 34.6 Å². The minimum absolute atomic E-state index is 0. The molecule has 2 aromatic heterocycles. The van der Waals surface area contributed by atoms with Crippen LogP contribution in [0.1, 0.15) is 54.4 Å². The summed E-state index contributed by atoms with van der Waals surface area (Å²) in [6.07, 6.45) is 0. The summed E-state index contributed by atoms with van der Waals surface area (Å²) in [6.45, 7) is 13.8. The standard InChI is InChI=1S/2C19H21N5O4S.C3H9N.Cr/c2*1-12(2)23-29(27,28)15-9-10-17(25)16(11-15)20-21-18-13(3)22-24(19(18)26)14-7-5-4-6-8-14;1-3(2)4;/h2*4-12,23,25-26H,1-3H3;3H,4H2,1-2H3;/q;;;+3/p-3. The maximum absolute atomic E-state index is 12.6. The van der Waals surface area contributed by atoms with Crippen molar-refractivity contribution in [2.75, 3.05) is 0 Å². The summed E-state index contributed by atoms with van der Waals surface area (Å²) in [6, 6.07) is 24.2. The number of sulfonamides is 2. The molecular formula is C41H48CrN11O8S2. The average molecular weight is 939 g/mol. The van der Waals surface area contributed by atoms with Gasteiger partial charge in [-0.15, -0.1) is 10.2 Å². The van der Waals surface area contributed by atoms with E-state index in [1.165, 1.54) is 21.5 Å². The van der Waals surface area contributed by atoms with Crippen molar-refractivity contribution in [3.05, 3.63) is 108 Å². The van der Waals surface area contributed by atoms with Crippen LogP contribution in [0.2, 0.25) is 0 Å². The number of benzene rings is 4. The third-order valence-electron chi connectivity index (χ3n) is 7.76. The van der Waals surface area contributed by atoms with Gasteiger partial charge in [-0.1, -0.05) is 73.9 Å². The van der Waals surface area contributed by atoms with Gasteiger partial charge in [-0.2, -0.15) is 20.4 Å². The van der Waals surface area contributed by atoms with Crippen LogP contribution in [0.15, 0.2) is 127 Å². The van der Waals surface area contributed by atoms with Crippen molar-refractivity contribution in [3.63, 3.8) is 0 Å². The van der Waals surface area contributed by atoms with Crippen LogP contribution in [-0.2, 0) is 37.4 Å². The first-order chi connectivity index (χ1) is 29.1. The van der Waals surface area contributed by atoms with E-state index in [1.54, 1.807) is 90.1 Å². The van der Waals surface area contributed by atoms with Gasteiger partial charge in [0.05, 0.1) is 43.9 Å².